The molecule has 0 amide bonds. The van der Waals surface area contributed by atoms with Crippen molar-refractivity contribution in [3.63, 3.8) is 0 Å². The maximum absolute atomic E-state index is 11.5. The Bertz CT molecular complexity index is 578. The van der Waals surface area contributed by atoms with Gasteiger partial charge in [0.25, 0.3) is 0 Å². The van der Waals surface area contributed by atoms with Crippen LogP contribution in [0.25, 0.3) is 0 Å². The molecule has 0 radical (unpaired) electrons. The molecule has 20 heavy (non-hydrogen) atoms. The van der Waals surface area contributed by atoms with Crippen molar-refractivity contribution in [3.8, 4) is 0 Å². The third-order valence-electron chi connectivity index (χ3n) is 2.80. The van der Waals surface area contributed by atoms with Gasteiger partial charge < -0.3 is 14.5 Å². The average molecular weight is 314 g/mol. The number of ether oxygens (including phenoxy) is 1. The number of esters is 1. The molecule has 0 saturated carbocycles. The number of thiophene rings is 1. The van der Waals surface area contributed by atoms with Crippen LogP contribution in [0.15, 0.2) is 28.0 Å². The zero-order valence-electron chi connectivity index (χ0n) is 11.3. The van der Waals surface area contributed by atoms with E-state index < -0.39 is 5.97 Å². The summed E-state index contributed by atoms with van der Waals surface area (Å²) >= 11 is 7.75. The van der Waals surface area contributed by atoms with E-state index in [9.17, 15) is 4.79 Å². The van der Waals surface area contributed by atoms with Gasteiger partial charge in [-0.25, -0.2) is 4.79 Å². The topological polar surface area (TPSA) is 51.5 Å². The SMILES string of the molecule is CCCNC(c1ccc(C(=O)OC)o1)c1sccc1Cl. The molecular weight excluding hydrogens is 298 g/mol. The smallest absolute Gasteiger partial charge is 0.373 e. The van der Waals surface area contributed by atoms with Gasteiger partial charge in [0.1, 0.15) is 11.8 Å². The van der Waals surface area contributed by atoms with E-state index in [2.05, 4.69) is 17.0 Å². The lowest BCUT2D eigenvalue weighted by Crippen LogP contribution is -2.22. The van der Waals surface area contributed by atoms with E-state index >= 15 is 0 Å². The van der Waals surface area contributed by atoms with Crippen molar-refractivity contribution in [2.75, 3.05) is 13.7 Å². The van der Waals surface area contributed by atoms with Crippen molar-refractivity contribution >= 4 is 28.9 Å². The fraction of sp³-hybridized carbons (Fsp3) is 0.357. The Morgan fingerprint density at radius 1 is 1.50 bits per heavy atom. The van der Waals surface area contributed by atoms with Gasteiger partial charge in [0.05, 0.1) is 12.1 Å². The molecule has 0 aliphatic carbocycles. The van der Waals surface area contributed by atoms with Gasteiger partial charge in [-0.05, 0) is 36.5 Å². The molecular formula is C14H16ClNO3S. The van der Waals surface area contributed by atoms with Gasteiger partial charge in [0, 0.05) is 4.88 Å². The molecule has 1 atom stereocenters. The molecule has 0 aliphatic rings. The normalized spacial score (nSPS) is 12.3. The van der Waals surface area contributed by atoms with Gasteiger partial charge in [0.15, 0.2) is 0 Å². The summed E-state index contributed by atoms with van der Waals surface area (Å²) in [4.78, 5) is 12.4. The number of carbonyl (C=O) groups is 1. The molecule has 0 aromatic carbocycles. The first-order valence-corrected chi connectivity index (χ1v) is 7.57. The Balaban J connectivity index is 2.29. The summed E-state index contributed by atoms with van der Waals surface area (Å²) < 4.78 is 10.2. The van der Waals surface area contributed by atoms with Gasteiger partial charge in [-0.1, -0.05) is 18.5 Å². The van der Waals surface area contributed by atoms with Gasteiger partial charge in [-0.15, -0.1) is 11.3 Å². The predicted octanol–water partition coefficient (Wildman–Crippen LogP) is 3.87. The second-order valence-electron chi connectivity index (χ2n) is 4.21. The fourth-order valence-corrected chi connectivity index (χ4v) is 3.09. The lowest BCUT2D eigenvalue weighted by molar-refractivity contribution is 0.0562. The van der Waals surface area contributed by atoms with Crippen LogP contribution in [0.1, 0.15) is 40.6 Å². The molecule has 2 rings (SSSR count). The summed E-state index contributed by atoms with van der Waals surface area (Å²) in [5.74, 6) is 0.365. The summed E-state index contributed by atoms with van der Waals surface area (Å²) in [6, 6.07) is 5.09. The van der Waals surface area contributed by atoms with Gasteiger partial charge in [0.2, 0.25) is 5.76 Å². The number of rotatable bonds is 6. The standard InChI is InChI=1S/C14H16ClNO3S/c1-3-7-16-12(13-9(15)6-8-20-13)10-4-5-11(19-10)14(17)18-2/h4-6,8,12,16H,3,7H2,1-2H3. The molecule has 2 heterocycles. The summed E-state index contributed by atoms with van der Waals surface area (Å²) in [5, 5.41) is 6.01. The van der Waals surface area contributed by atoms with Crippen molar-refractivity contribution in [1.82, 2.24) is 5.32 Å². The number of hydrogen-bond acceptors (Lipinski definition) is 5. The summed E-state index contributed by atoms with van der Waals surface area (Å²) in [6.45, 7) is 2.91. The summed E-state index contributed by atoms with van der Waals surface area (Å²) in [5.41, 5.74) is 0. The zero-order valence-corrected chi connectivity index (χ0v) is 12.9. The van der Waals surface area contributed by atoms with Gasteiger partial charge in [-0.2, -0.15) is 0 Å². The lowest BCUT2D eigenvalue weighted by Gasteiger charge is -2.15. The molecule has 6 heteroatoms. The number of methoxy groups -OCH3 is 1. The van der Waals surface area contributed by atoms with Crippen molar-refractivity contribution < 1.29 is 13.9 Å². The third-order valence-corrected chi connectivity index (χ3v) is 4.23. The Kier molecular flexibility index (Phi) is 5.23. The average Bonchev–Trinajstić information content (AvgIpc) is 3.09. The first-order chi connectivity index (χ1) is 9.67. The Hall–Kier alpha value is -1.30. The maximum atomic E-state index is 11.5. The van der Waals surface area contributed by atoms with Crippen LogP contribution in [-0.4, -0.2) is 19.6 Å². The molecule has 1 N–H and O–H groups in total. The highest BCUT2D eigenvalue weighted by Gasteiger charge is 2.22. The molecule has 0 fully saturated rings. The molecule has 108 valence electrons. The van der Waals surface area contributed by atoms with E-state index in [4.69, 9.17) is 16.0 Å². The molecule has 0 bridgehead atoms. The monoisotopic (exact) mass is 313 g/mol. The minimum Gasteiger partial charge on any atom is -0.463 e. The van der Waals surface area contributed by atoms with Crippen molar-refractivity contribution in [2.24, 2.45) is 0 Å². The fourth-order valence-electron chi connectivity index (χ4n) is 1.84. The number of halogens is 1. The summed E-state index contributed by atoms with van der Waals surface area (Å²) in [6.07, 6.45) is 0.990. The van der Waals surface area contributed by atoms with Crippen LogP contribution in [0.3, 0.4) is 0 Å². The first kappa shape index (κ1) is 15.1. The highest BCUT2D eigenvalue weighted by molar-refractivity contribution is 7.10. The van der Waals surface area contributed by atoms with E-state index in [0.29, 0.717) is 10.8 Å². The van der Waals surface area contributed by atoms with E-state index in [1.54, 1.807) is 23.5 Å². The molecule has 2 aromatic heterocycles. The van der Waals surface area contributed by atoms with Crippen LogP contribution in [0, 0.1) is 0 Å². The maximum Gasteiger partial charge on any atom is 0.373 e. The van der Waals surface area contributed by atoms with Crippen LogP contribution in [0.2, 0.25) is 5.02 Å². The van der Waals surface area contributed by atoms with Crippen molar-refractivity contribution in [1.29, 1.82) is 0 Å². The van der Waals surface area contributed by atoms with E-state index in [-0.39, 0.29) is 11.8 Å². The molecule has 2 aromatic rings. The Labute approximate surface area is 126 Å². The number of carbonyl (C=O) groups excluding carboxylic acids is 1. The number of hydrogen-bond donors (Lipinski definition) is 1. The van der Waals surface area contributed by atoms with Crippen LogP contribution in [0.4, 0.5) is 0 Å². The minimum absolute atomic E-state index is 0.152. The molecule has 1 unspecified atom stereocenters. The van der Waals surface area contributed by atoms with E-state index in [0.717, 1.165) is 17.8 Å². The second-order valence-corrected chi connectivity index (χ2v) is 5.57. The van der Waals surface area contributed by atoms with Crippen LogP contribution in [0.5, 0.6) is 0 Å². The molecule has 4 nitrogen and oxygen atoms in total. The van der Waals surface area contributed by atoms with Gasteiger partial charge in [-0.3, -0.25) is 0 Å². The number of furan rings is 1. The molecule has 0 aliphatic heterocycles. The van der Waals surface area contributed by atoms with Crippen molar-refractivity contribution in [2.45, 2.75) is 19.4 Å². The largest absolute Gasteiger partial charge is 0.463 e. The Morgan fingerprint density at radius 2 is 2.30 bits per heavy atom. The third kappa shape index (κ3) is 3.23. The van der Waals surface area contributed by atoms with Crippen molar-refractivity contribution in [3.05, 3.63) is 45.0 Å². The van der Waals surface area contributed by atoms with E-state index in [1.807, 2.05) is 11.4 Å². The number of nitrogens with one attached hydrogen (secondary N) is 1. The lowest BCUT2D eigenvalue weighted by atomic mass is 10.2. The highest BCUT2D eigenvalue weighted by atomic mass is 35.5. The zero-order chi connectivity index (χ0) is 14.5. The quantitative estimate of drug-likeness (QED) is 0.823. The molecule has 0 saturated heterocycles. The highest BCUT2D eigenvalue weighted by Crippen LogP contribution is 2.33. The van der Waals surface area contributed by atoms with Gasteiger partial charge >= 0.3 is 5.97 Å². The second kappa shape index (κ2) is 6.92. The van der Waals surface area contributed by atoms with Crippen LogP contribution >= 0.6 is 22.9 Å². The molecule has 0 spiro atoms. The first-order valence-electron chi connectivity index (χ1n) is 6.31. The minimum atomic E-state index is -0.484. The van der Waals surface area contributed by atoms with E-state index in [1.165, 1.54) is 7.11 Å². The summed E-state index contributed by atoms with van der Waals surface area (Å²) in [7, 11) is 1.33. The van der Waals surface area contributed by atoms with Crippen LogP contribution < -0.4 is 5.32 Å². The predicted molar refractivity (Wildman–Crippen MR) is 79.5 cm³/mol. The Morgan fingerprint density at radius 3 is 2.90 bits per heavy atom. The van der Waals surface area contributed by atoms with Crippen LogP contribution in [-0.2, 0) is 4.74 Å².